The molecule has 0 fully saturated rings. The van der Waals surface area contributed by atoms with Gasteiger partial charge in [0.15, 0.2) is 0 Å². The minimum atomic E-state index is -0.910. The second kappa shape index (κ2) is 3.97. The van der Waals surface area contributed by atoms with Crippen LogP contribution in [-0.4, -0.2) is 16.7 Å². The maximum atomic E-state index is 13.1. The minimum Gasteiger partial charge on any atom is -0.394 e. The van der Waals surface area contributed by atoms with Crippen molar-refractivity contribution in [2.24, 2.45) is 0 Å². The molecule has 2 rings (SSSR count). The summed E-state index contributed by atoms with van der Waals surface area (Å²) in [6.45, 7) is -0.182. The summed E-state index contributed by atoms with van der Waals surface area (Å²) in [5, 5.41) is 0. The van der Waals surface area contributed by atoms with E-state index in [-0.39, 0.29) is 12.1 Å². The minimum absolute atomic E-state index is 0.166. The molecule has 0 atom stereocenters. The summed E-state index contributed by atoms with van der Waals surface area (Å²) in [7, 11) is 0. The number of halogens is 2. The van der Waals surface area contributed by atoms with Gasteiger partial charge in [0.25, 0.3) is 11.8 Å². The summed E-state index contributed by atoms with van der Waals surface area (Å²) in [4.78, 5) is 23.3. The second-order valence-corrected chi connectivity index (χ2v) is 3.57. The fourth-order valence-electron chi connectivity index (χ4n) is 1.50. The summed E-state index contributed by atoms with van der Waals surface area (Å²) in [6, 6.07) is 1.99. The molecular formula is C11H8F2N2O2. The highest BCUT2D eigenvalue weighted by atomic mass is 19.1. The van der Waals surface area contributed by atoms with Crippen LogP contribution in [0.5, 0.6) is 0 Å². The lowest BCUT2D eigenvalue weighted by atomic mass is 10.1. The Hall–Kier alpha value is -2.24. The molecule has 1 aromatic carbocycles. The number of nitrogens with zero attached hydrogens (tertiary/aromatic N) is 1. The maximum Gasteiger partial charge on any atom is 0.253 e. The largest absolute Gasteiger partial charge is 0.394 e. The highest BCUT2D eigenvalue weighted by molar-refractivity contribution is 6.12. The molecule has 0 saturated carbocycles. The standard InChI is InChI=1S/C11H8F2N2O2/c12-7-3-6(4-8(13)11(7)14)5-15-9(16)1-2-10(15)17/h1-4H,5,14H2. The van der Waals surface area contributed by atoms with Crippen molar-refractivity contribution in [3.8, 4) is 0 Å². The van der Waals surface area contributed by atoms with E-state index in [1.807, 2.05) is 0 Å². The number of amides is 2. The van der Waals surface area contributed by atoms with Gasteiger partial charge in [-0.15, -0.1) is 0 Å². The first kappa shape index (κ1) is 11.3. The Labute approximate surface area is 95.3 Å². The Balaban J connectivity index is 2.25. The first-order valence-corrected chi connectivity index (χ1v) is 4.76. The SMILES string of the molecule is Nc1c(F)cc(CN2C(=O)C=CC2=O)cc1F. The van der Waals surface area contributed by atoms with E-state index < -0.39 is 29.1 Å². The fraction of sp³-hybridized carbons (Fsp3) is 0.0909. The lowest BCUT2D eigenvalue weighted by molar-refractivity contribution is -0.137. The molecule has 2 N–H and O–H groups in total. The Morgan fingerprint density at radius 2 is 1.53 bits per heavy atom. The van der Waals surface area contributed by atoms with Crippen LogP contribution >= 0.6 is 0 Å². The van der Waals surface area contributed by atoms with Gasteiger partial charge in [-0.2, -0.15) is 0 Å². The molecule has 17 heavy (non-hydrogen) atoms. The van der Waals surface area contributed by atoms with Gasteiger partial charge >= 0.3 is 0 Å². The summed E-state index contributed by atoms with van der Waals surface area (Å²) in [6.07, 6.45) is 2.21. The van der Waals surface area contributed by atoms with Crippen LogP contribution in [-0.2, 0) is 16.1 Å². The lowest BCUT2D eigenvalue weighted by Gasteiger charge is -2.14. The molecule has 0 aliphatic carbocycles. The molecule has 1 heterocycles. The predicted octanol–water partition coefficient (Wildman–Crippen LogP) is 0.972. The molecule has 1 aliphatic heterocycles. The Bertz CT molecular complexity index is 499. The Kier molecular flexibility index (Phi) is 2.63. The number of imide groups is 1. The molecule has 2 amide bonds. The monoisotopic (exact) mass is 238 g/mol. The second-order valence-electron chi connectivity index (χ2n) is 3.57. The zero-order valence-corrected chi connectivity index (χ0v) is 8.61. The van der Waals surface area contributed by atoms with Crippen molar-refractivity contribution in [2.75, 3.05) is 5.73 Å². The fourth-order valence-corrected chi connectivity index (χ4v) is 1.50. The molecule has 1 aromatic rings. The zero-order chi connectivity index (χ0) is 12.6. The van der Waals surface area contributed by atoms with Crippen LogP contribution in [0.25, 0.3) is 0 Å². The third kappa shape index (κ3) is 2.01. The number of anilines is 1. The third-order valence-electron chi connectivity index (χ3n) is 2.38. The van der Waals surface area contributed by atoms with Crippen molar-refractivity contribution in [3.05, 3.63) is 41.5 Å². The molecule has 0 aromatic heterocycles. The van der Waals surface area contributed by atoms with Gasteiger partial charge in [-0.1, -0.05) is 0 Å². The van der Waals surface area contributed by atoms with E-state index in [2.05, 4.69) is 0 Å². The van der Waals surface area contributed by atoms with E-state index in [0.29, 0.717) is 0 Å². The number of nitrogen functional groups attached to an aromatic ring is 1. The van der Waals surface area contributed by atoms with E-state index >= 15 is 0 Å². The number of hydrogen-bond acceptors (Lipinski definition) is 3. The molecular weight excluding hydrogens is 230 g/mol. The van der Waals surface area contributed by atoms with Gasteiger partial charge in [-0.25, -0.2) is 8.78 Å². The van der Waals surface area contributed by atoms with Crippen molar-refractivity contribution in [3.63, 3.8) is 0 Å². The van der Waals surface area contributed by atoms with Gasteiger partial charge in [-0.05, 0) is 17.7 Å². The maximum absolute atomic E-state index is 13.1. The molecule has 0 saturated heterocycles. The molecule has 1 aliphatic rings. The van der Waals surface area contributed by atoms with Crippen LogP contribution in [0, 0.1) is 11.6 Å². The average molecular weight is 238 g/mol. The molecule has 0 unspecified atom stereocenters. The first-order valence-electron chi connectivity index (χ1n) is 4.76. The highest BCUT2D eigenvalue weighted by Gasteiger charge is 2.23. The van der Waals surface area contributed by atoms with E-state index in [1.54, 1.807) is 0 Å². The number of hydrogen-bond donors (Lipinski definition) is 1. The van der Waals surface area contributed by atoms with Gasteiger partial charge < -0.3 is 5.73 Å². The lowest BCUT2D eigenvalue weighted by Crippen LogP contribution is -2.29. The number of benzene rings is 1. The topological polar surface area (TPSA) is 63.4 Å². The normalized spacial score (nSPS) is 14.8. The van der Waals surface area contributed by atoms with Crippen LogP contribution in [0.4, 0.5) is 14.5 Å². The molecule has 0 bridgehead atoms. The van der Waals surface area contributed by atoms with E-state index in [9.17, 15) is 18.4 Å². The van der Waals surface area contributed by atoms with Crippen LogP contribution < -0.4 is 5.73 Å². The Morgan fingerprint density at radius 3 is 2.00 bits per heavy atom. The average Bonchev–Trinajstić information content (AvgIpc) is 2.57. The van der Waals surface area contributed by atoms with Gasteiger partial charge in [0.1, 0.15) is 17.3 Å². The molecule has 4 nitrogen and oxygen atoms in total. The number of carbonyl (C=O) groups excluding carboxylic acids is 2. The summed E-state index contributed by atoms with van der Waals surface area (Å²) >= 11 is 0. The summed E-state index contributed by atoms with van der Waals surface area (Å²) < 4.78 is 26.3. The third-order valence-corrected chi connectivity index (χ3v) is 2.38. The van der Waals surface area contributed by atoms with Crippen LogP contribution in [0.2, 0.25) is 0 Å². The number of carbonyl (C=O) groups is 2. The quantitative estimate of drug-likeness (QED) is 0.616. The van der Waals surface area contributed by atoms with Crippen molar-refractivity contribution < 1.29 is 18.4 Å². The van der Waals surface area contributed by atoms with Crippen molar-refractivity contribution in [1.29, 1.82) is 0 Å². The number of rotatable bonds is 2. The summed E-state index contributed by atoms with van der Waals surface area (Å²) in [5.41, 5.74) is 4.69. The van der Waals surface area contributed by atoms with E-state index in [0.717, 1.165) is 29.2 Å². The number of nitrogens with two attached hydrogens (primary N) is 1. The highest BCUT2D eigenvalue weighted by Crippen LogP contribution is 2.19. The first-order chi connectivity index (χ1) is 7.99. The van der Waals surface area contributed by atoms with Crippen LogP contribution in [0.15, 0.2) is 24.3 Å². The summed E-state index contributed by atoms with van der Waals surface area (Å²) in [5.74, 6) is -2.83. The van der Waals surface area contributed by atoms with Gasteiger partial charge in [-0.3, -0.25) is 14.5 Å². The van der Waals surface area contributed by atoms with Gasteiger partial charge in [0, 0.05) is 12.2 Å². The van der Waals surface area contributed by atoms with Crippen LogP contribution in [0.1, 0.15) is 5.56 Å². The molecule has 0 radical (unpaired) electrons. The zero-order valence-electron chi connectivity index (χ0n) is 8.61. The van der Waals surface area contributed by atoms with E-state index in [1.165, 1.54) is 0 Å². The van der Waals surface area contributed by atoms with Crippen LogP contribution in [0.3, 0.4) is 0 Å². The van der Waals surface area contributed by atoms with Crippen molar-refractivity contribution in [1.82, 2.24) is 4.90 Å². The van der Waals surface area contributed by atoms with Gasteiger partial charge in [0.2, 0.25) is 0 Å². The Morgan fingerprint density at radius 1 is 1.06 bits per heavy atom. The molecule has 0 spiro atoms. The smallest absolute Gasteiger partial charge is 0.253 e. The molecule has 88 valence electrons. The molecule has 6 heteroatoms. The predicted molar refractivity (Wildman–Crippen MR) is 55.5 cm³/mol. The van der Waals surface area contributed by atoms with Gasteiger partial charge in [0.05, 0.1) is 6.54 Å². The van der Waals surface area contributed by atoms with E-state index in [4.69, 9.17) is 5.73 Å². The van der Waals surface area contributed by atoms with Crippen molar-refractivity contribution in [2.45, 2.75) is 6.54 Å². The van der Waals surface area contributed by atoms with Crippen molar-refractivity contribution >= 4 is 17.5 Å².